The lowest BCUT2D eigenvalue weighted by molar-refractivity contribution is 0.317. The lowest BCUT2D eigenvalue weighted by Gasteiger charge is -2.05. The Balaban J connectivity index is 1.86. The van der Waals surface area contributed by atoms with Crippen molar-refractivity contribution in [3.63, 3.8) is 0 Å². The van der Waals surface area contributed by atoms with Crippen molar-refractivity contribution in [1.82, 2.24) is 14.9 Å². The number of aromatic amines is 1. The van der Waals surface area contributed by atoms with Gasteiger partial charge in [-0.15, -0.1) is 0 Å². The summed E-state index contributed by atoms with van der Waals surface area (Å²) in [6.07, 6.45) is 2.75. The highest BCUT2D eigenvalue weighted by Crippen LogP contribution is 2.21. The van der Waals surface area contributed by atoms with Gasteiger partial charge < -0.3 is 4.74 Å². The van der Waals surface area contributed by atoms with Crippen LogP contribution in [0.25, 0.3) is 11.4 Å². The third kappa shape index (κ3) is 4.03. The monoisotopic (exact) mass is 352 g/mol. The number of benzene rings is 2. The maximum atomic E-state index is 5.59. The topological polar surface area (TPSA) is 55.2 Å². The van der Waals surface area contributed by atoms with Gasteiger partial charge in [-0.2, -0.15) is 14.9 Å². The van der Waals surface area contributed by atoms with E-state index in [2.05, 4.69) is 22.2 Å². The molecule has 0 aliphatic heterocycles. The number of ether oxygens (including phenoxy) is 1. The van der Waals surface area contributed by atoms with Crippen molar-refractivity contribution in [2.75, 3.05) is 6.61 Å². The van der Waals surface area contributed by atoms with E-state index < -0.39 is 0 Å². The molecule has 1 heterocycles. The van der Waals surface area contributed by atoms with Crippen molar-refractivity contribution in [2.45, 2.75) is 20.3 Å². The van der Waals surface area contributed by atoms with E-state index in [4.69, 9.17) is 17.0 Å². The first-order valence-corrected chi connectivity index (χ1v) is 8.60. The first-order chi connectivity index (χ1) is 12.2. The number of aromatic nitrogens is 3. The number of nitrogens with zero attached hydrogens (tertiary/aromatic N) is 3. The zero-order valence-electron chi connectivity index (χ0n) is 14.3. The average Bonchev–Trinajstić information content (AvgIpc) is 3.00. The van der Waals surface area contributed by atoms with Crippen LogP contribution in [0.1, 0.15) is 24.5 Å². The van der Waals surface area contributed by atoms with E-state index in [9.17, 15) is 0 Å². The van der Waals surface area contributed by atoms with E-state index in [1.807, 2.05) is 55.5 Å². The van der Waals surface area contributed by atoms with Crippen LogP contribution in [-0.4, -0.2) is 27.7 Å². The fraction of sp³-hybridized carbons (Fsp3) is 0.211. The third-order valence-corrected chi connectivity index (χ3v) is 3.98. The SMILES string of the molecule is CCCOc1ccc(C=Nn2c(-c3ccccc3C)n[nH]c2=S)cc1. The van der Waals surface area contributed by atoms with Crippen LogP contribution in [-0.2, 0) is 0 Å². The Morgan fingerprint density at radius 1 is 1.20 bits per heavy atom. The van der Waals surface area contributed by atoms with E-state index in [1.54, 1.807) is 10.9 Å². The molecule has 0 bridgehead atoms. The molecule has 128 valence electrons. The molecule has 1 N–H and O–H groups in total. The fourth-order valence-electron chi connectivity index (χ4n) is 2.39. The summed E-state index contributed by atoms with van der Waals surface area (Å²) in [6.45, 7) is 4.84. The van der Waals surface area contributed by atoms with Crippen molar-refractivity contribution < 1.29 is 4.74 Å². The van der Waals surface area contributed by atoms with Gasteiger partial charge in [0.2, 0.25) is 4.77 Å². The van der Waals surface area contributed by atoms with Crippen molar-refractivity contribution in [3.8, 4) is 17.1 Å². The van der Waals surface area contributed by atoms with Gasteiger partial charge in [-0.1, -0.05) is 31.2 Å². The molecule has 3 rings (SSSR count). The summed E-state index contributed by atoms with van der Waals surface area (Å²) < 4.78 is 7.68. The van der Waals surface area contributed by atoms with Gasteiger partial charge in [0.25, 0.3) is 0 Å². The van der Waals surface area contributed by atoms with Gasteiger partial charge in [0.15, 0.2) is 5.82 Å². The van der Waals surface area contributed by atoms with Crippen LogP contribution in [0.15, 0.2) is 53.6 Å². The van der Waals surface area contributed by atoms with Gasteiger partial charge in [-0.3, -0.25) is 0 Å². The molecule has 0 saturated heterocycles. The van der Waals surface area contributed by atoms with Crippen LogP contribution in [0, 0.1) is 11.7 Å². The van der Waals surface area contributed by atoms with Gasteiger partial charge in [0.1, 0.15) is 5.75 Å². The molecule has 0 aliphatic rings. The molecule has 0 aliphatic carbocycles. The Morgan fingerprint density at radius 2 is 1.96 bits per heavy atom. The molecule has 0 atom stereocenters. The zero-order valence-corrected chi connectivity index (χ0v) is 15.1. The van der Waals surface area contributed by atoms with E-state index in [-0.39, 0.29) is 0 Å². The molecule has 0 saturated carbocycles. The van der Waals surface area contributed by atoms with Crippen LogP contribution >= 0.6 is 12.2 Å². The minimum Gasteiger partial charge on any atom is -0.494 e. The molecule has 0 amide bonds. The standard InChI is InChI=1S/C19H20N4OS/c1-3-12-24-16-10-8-15(9-11-16)13-20-23-18(21-22-19(23)25)17-7-5-4-6-14(17)2/h4-11,13H,3,12H2,1-2H3,(H,22,25). The van der Waals surface area contributed by atoms with Gasteiger partial charge in [0.05, 0.1) is 12.8 Å². The Kier molecular flexibility index (Phi) is 5.40. The maximum Gasteiger partial charge on any atom is 0.216 e. The van der Waals surface area contributed by atoms with Crippen LogP contribution in [0.5, 0.6) is 5.75 Å². The number of hydrogen-bond acceptors (Lipinski definition) is 4. The lowest BCUT2D eigenvalue weighted by Crippen LogP contribution is -1.97. The molecule has 6 heteroatoms. The summed E-state index contributed by atoms with van der Waals surface area (Å²) in [5.74, 6) is 1.56. The summed E-state index contributed by atoms with van der Waals surface area (Å²) in [4.78, 5) is 0. The van der Waals surface area contributed by atoms with E-state index in [1.165, 1.54) is 0 Å². The molecular weight excluding hydrogens is 332 g/mol. The Morgan fingerprint density at radius 3 is 2.68 bits per heavy atom. The highest BCUT2D eigenvalue weighted by molar-refractivity contribution is 7.71. The number of H-pyrrole nitrogens is 1. The predicted molar refractivity (Wildman–Crippen MR) is 103 cm³/mol. The largest absolute Gasteiger partial charge is 0.494 e. The van der Waals surface area contributed by atoms with Crippen LogP contribution in [0.4, 0.5) is 0 Å². The highest BCUT2D eigenvalue weighted by Gasteiger charge is 2.09. The first kappa shape index (κ1) is 17.1. The van der Waals surface area contributed by atoms with Crippen LogP contribution < -0.4 is 4.74 Å². The summed E-state index contributed by atoms with van der Waals surface area (Å²) in [5.41, 5.74) is 3.07. The maximum absolute atomic E-state index is 5.59. The van der Waals surface area contributed by atoms with Crippen LogP contribution in [0.3, 0.4) is 0 Å². The molecule has 1 aromatic heterocycles. The first-order valence-electron chi connectivity index (χ1n) is 8.19. The fourth-order valence-corrected chi connectivity index (χ4v) is 2.57. The highest BCUT2D eigenvalue weighted by atomic mass is 32.1. The molecule has 0 fully saturated rings. The predicted octanol–water partition coefficient (Wildman–Crippen LogP) is 4.59. The van der Waals surface area contributed by atoms with E-state index in [0.717, 1.165) is 35.5 Å². The summed E-state index contributed by atoms with van der Waals surface area (Å²) >= 11 is 5.31. The van der Waals surface area contributed by atoms with Crippen LogP contribution in [0.2, 0.25) is 0 Å². The molecule has 5 nitrogen and oxygen atoms in total. The molecule has 0 unspecified atom stereocenters. The summed E-state index contributed by atoms with van der Waals surface area (Å²) in [5, 5.41) is 11.6. The van der Waals surface area contributed by atoms with Crippen molar-refractivity contribution in [1.29, 1.82) is 0 Å². The zero-order chi connectivity index (χ0) is 17.6. The Labute approximate surface area is 152 Å². The smallest absolute Gasteiger partial charge is 0.216 e. The molecule has 0 spiro atoms. The Hall–Kier alpha value is -2.73. The van der Waals surface area contributed by atoms with Crippen molar-refractivity contribution >= 4 is 18.4 Å². The number of hydrogen-bond donors (Lipinski definition) is 1. The molecule has 3 aromatic rings. The van der Waals surface area contributed by atoms with Gasteiger partial charge in [0, 0.05) is 5.56 Å². The molecule has 0 radical (unpaired) electrons. The second-order valence-corrected chi connectivity index (χ2v) is 6.03. The molecule has 2 aromatic carbocycles. The second-order valence-electron chi connectivity index (χ2n) is 5.64. The Bertz CT molecular complexity index is 925. The minimum absolute atomic E-state index is 0.456. The van der Waals surface area contributed by atoms with Gasteiger partial charge in [-0.25, -0.2) is 5.10 Å². The van der Waals surface area contributed by atoms with E-state index in [0.29, 0.717) is 10.6 Å². The summed E-state index contributed by atoms with van der Waals surface area (Å²) in [6, 6.07) is 15.8. The number of rotatable bonds is 6. The van der Waals surface area contributed by atoms with Gasteiger partial charge in [-0.05, 0) is 61.0 Å². The van der Waals surface area contributed by atoms with Crippen molar-refractivity contribution in [3.05, 3.63) is 64.4 Å². The lowest BCUT2D eigenvalue weighted by atomic mass is 10.1. The van der Waals surface area contributed by atoms with Gasteiger partial charge >= 0.3 is 0 Å². The number of nitrogens with one attached hydrogen (secondary N) is 1. The quantitative estimate of drug-likeness (QED) is 0.521. The normalized spacial score (nSPS) is 11.1. The summed E-state index contributed by atoms with van der Waals surface area (Å²) in [7, 11) is 0. The third-order valence-electron chi connectivity index (χ3n) is 3.71. The minimum atomic E-state index is 0.456. The van der Waals surface area contributed by atoms with E-state index >= 15 is 0 Å². The molecule has 25 heavy (non-hydrogen) atoms. The second kappa shape index (κ2) is 7.90. The molecular formula is C19H20N4OS. The van der Waals surface area contributed by atoms with Crippen molar-refractivity contribution in [2.24, 2.45) is 5.10 Å². The number of aryl methyl sites for hydroxylation is 1. The average molecular weight is 352 g/mol.